The number of nitrogens with zero attached hydrogens (tertiary/aromatic N) is 5. The van der Waals surface area contributed by atoms with Crippen molar-refractivity contribution in [2.45, 2.75) is 12.7 Å². The van der Waals surface area contributed by atoms with Gasteiger partial charge in [0.15, 0.2) is 5.82 Å². The summed E-state index contributed by atoms with van der Waals surface area (Å²) >= 11 is 0. The summed E-state index contributed by atoms with van der Waals surface area (Å²) < 4.78 is 43.2. The Morgan fingerprint density at radius 2 is 1.77 bits per heavy atom. The van der Waals surface area contributed by atoms with Gasteiger partial charge in [-0.2, -0.15) is 18.3 Å². The van der Waals surface area contributed by atoms with Crippen LogP contribution in [-0.4, -0.2) is 70.2 Å². The summed E-state index contributed by atoms with van der Waals surface area (Å²) in [6.07, 6.45) is -2.81. The molecule has 5 rings (SSSR count). The first kappa shape index (κ1) is 27.4. The quantitative estimate of drug-likeness (QED) is 0.318. The van der Waals surface area contributed by atoms with Crippen LogP contribution >= 0.6 is 0 Å². The Morgan fingerprint density at radius 1 is 1.00 bits per heavy atom. The maximum atomic E-state index is 13.9. The van der Waals surface area contributed by atoms with E-state index in [9.17, 15) is 18.0 Å². The van der Waals surface area contributed by atoms with Gasteiger partial charge < -0.3 is 21.3 Å². The molecule has 9 nitrogen and oxygen atoms in total. The van der Waals surface area contributed by atoms with E-state index >= 15 is 0 Å². The SMILES string of the molecule is CN1CCN(Cc2ccc(NCC(=O)Nc3cc(-c4ccc5cc(N)ncc5c4)n(C)n3)cc2C(F)(F)F)CC1. The topological polar surface area (TPSA) is 104 Å². The number of carbonyl (C=O) groups excluding carboxylic acids is 1. The van der Waals surface area contributed by atoms with Crippen LogP contribution < -0.4 is 16.4 Å². The maximum Gasteiger partial charge on any atom is 0.416 e. The number of rotatable bonds is 7. The fourth-order valence-electron chi connectivity index (χ4n) is 4.82. The van der Waals surface area contributed by atoms with Crippen LogP contribution in [0.15, 0.2) is 54.7 Å². The maximum absolute atomic E-state index is 13.9. The third-order valence-corrected chi connectivity index (χ3v) is 7.04. The monoisotopic (exact) mass is 552 g/mol. The van der Waals surface area contributed by atoms with Gasteiger partial charge in [0, 0.05) is 68.7 Å². The molecular formula is C28H31F3N8O. The van der Waals surface area contributed by atoms with E-state index in [4.69, 9.17) is 5.73 Å². The number of aromatic nitrogens is 3. The van der Waals surface area contributed by atoms with Gasteiger partial charge in [-0.15, -0.1) is 0 Å². The number of nitrogens with two attached hydrogens (primary N) is 1. The molecule has 0 bridgehead atoms. The minimum atomic E-state index is -4.50. The van der Waals surface area contributed by atoms with Gasteiger partial charge in [-0.1, -0.05) is 18.2 Å². The highest BCUT2D eigenvalue weighted by molar-refractivity contribution is 5.94. The van der Waals surface area contributed by atoms with Crippen LogP contribution in [0.2, 0.25) is 0 Å². The highest BCUT2D eigenvalue weighted by Gasteiger charge is 2.34. The molecule has 4 aromatic rings. The zero-order valence-corrected chi connectivity index (χ0v) is 22.3. The molecule has 1 amide bonds. The standard InChI is InChI=1S/C28H31F3N8O/c1-37-7-9-39(10-8-37)17-20-5-6-22(13-23(20)28(29,30)31)33-16-27(40)35-26-14-24(38(2)36-26)19-4-3-18-12-25(32)34-15-21(18)11-19/h3-6,11-15,33H,7-10,16-17H2,1-2H3,(H2,32,34)(H,35,36,40). The average molecular weight is 553 g/mol. The predicted octanol–water partition coefficient (Wildman–Crippen LogP) is 4.03. The van der Waals surface area contributed by atoms with Crippen LogP contribution in [-0.2, 0) is 24.6 Å². The largest absolute Gasteiger partial charge is 0.416 e. The molecule has 1 aliphatic rings. The van der Waals surface area contributed by atoms with E-state index in [1.54, 1.807) is 36.1 Å². The zero-order chi connectivity index (χ0) is 28.4. The van der Waals surface area contributed by atoms with Gasteiger partial charge in [0.25, 0.3) is 0 Å². The average Bonchev–Trinajstić information content (AvgIpc) is 3.28. The lowest BCUT2D eigenvalue weighted by molar-refractivity contribution is -0.138. The summed E-state index contributed by atoms with van der Waals surface area (Å²) in [7, 11) is 3.76. The molecule has 0 atom stereocenters. The summed E-state index contributed by atoms with van der Waals surface area (Å²) in [5.74, 6) is 0.340. The van der Waals surface area contributed by atoms with E-state index < -0.39 is 17.6 Å². The van der Waals surface area contributed by atoms with Crippen molar-refractivity contribution in [3.63, 3.8) is 0 Å². The van der Waals surface area contributed by atoms with Crippen molar-refractivity contribution in [2.24, 2.45) is 7.05 Å². The van der Waals surface area contributed by atoms with Crippen LogP contribution in [0.4, 0.5) is 30.5 Å². The number of nitrogens with one attached hydrogen (secondary N) is 2. The number of alkyl halides is 3. The zero-order valence-electron chi connectivity index (χ0n) is 22.3. The molecule has 1 saturated heterocycles. The van der Waals surface area contributed by atoms with Crippen LogP contribution in [0.25, 0.3) is 22.0 Å². The molecule has 1 aliphatic heterocycles. The lowest BCUT2D eigenvalue weighted by Crippen LogP contribution is -2.44. The molecule has 0 radical (unpaired) electrons. The van der Waals surface area contributed by atoms with E-state index in [0.717, 1.165) is 54.3 Å². The third-order valence-electron chi connectivity index (χ3n) is 7.04. The summed E-state index contributed by atoms with van der Waals surface area (Å²) in [4.78, 5) is 20.9. The molecule has 0 spiro atoms. The van der Waals surface area contributed by atoms with Gasteiger partial charge in [-0.05, 0) is 42.3 Å². The first-order chi connectivity index (χ1) is 19.0. The van der Waals surface area contributed by atoms with E-state index in [1.807, 2.05) is 30.1 Å². The number of nitrogen functional groups attached to an aromatic ring is 1. The molecule has 1 fully saturated rings. The molecule has 4 N–H and O–H groups in total. The van der Waals surface area contributed by atoms with Crippen LogP contribution in [0.5, 0.6) is 0 Å². The molecule has 0 saturated carbocycles. The Hall–Kier alpha value is -4.16. The minimum absolute atomic E-state index is 0.218. The Kier molecular flexibility index (Phi) is 7.63. The number of hydrogen-bond donors (Lipinski definition) is 3. The number of aryl methyl sites for hydroxylation is 1. The van der Waals surface area contributed by atoms with Gasteiger partial charge in [-0.3, -0.25) is 14.4 Å². The van der Waals surface area contributed by atoms with Crippen molar-refractivity contribution in [3.05, 3.63) is 65.9 Å². The Morgan fingerprint density at radius 3 is 2.52 bits per heavy atom. The Balaban J connectivity index is 1.23. The van der Waals surface area contributed by atoms with Crippen molar-refractivity contribution in [3.8, 4) is 11.3 Å². The number of pyridine rings is 1. The second-order valence-electron chi connectivity index (χ2n) is 10.1. The highest BCUT2D eigenvalue weighted by atomic mass is 19.4. The van der Waals surface area contributed by atoms with Crippen LogP contribution in [0, 0.1) is 0 Å². The third kappa shape index (κ3) is 6.35. The number of fused-ring (bicyclic) bond motifs is 1. The van der Waals surface area contributed by atoms with Gasteiger partial charge in [0.2, 0.25) is 5.91 Å². The highest BCUT2D eigenvalue weighted by Crippen LogP contribution is 2.34. The summed E-state index contributed by atoms with van der Waals surface area (Å²) in [6.45, 7) is 3.09. The number of anilines is 3. The predicted molar refractivity (Wildman–Crippen MR) is 150 cm³/mol. The lowest BCUT2D eigenvalue weighted by atomic mass is 10.0. The van der Waals surface area contributed by atoms with Crippen LogP contribution in [0.3, 0.4) is 0 Å². The minimum Gasteiger partial charge on any atom is -0.384 e. The molecule has 2 aromatic heterocycles. The number of amides is 1. The Bertz CT molecular complexity index is 1530. The van der Waals surface area contributed by atoms with Gasteiger partial charge in [-0.25, -0.2) is 4.98 Å². The second kappa shape index (κ2) is 11.1. The molecule has 0 aliphatic carbocycles. The van der Waals surface area contributed by atoms with E-state index in [2.05, 4.69) is 25.6 Å². The van der Waals surface area contributed by atoms with Gasteiger partial charge in [0.05, 0.1) is 17.8 Å². The summed E-state index contributed by atoms with van der Waals surface area (Å²) in [5, 5.41) is 11.7. The smallest absolute Gasteiger partial charge is 0.384 e. The van der Waals surface area contributed by atoms with Crippen molar-refractivity contribution in [2.75, 3.05) is 56.1 Å². The number of benzene rings is 2. The Labute approximate surface area is 229 Å². The first-order valence-electron chi connectivity index (χ1n) is 12.9. The number of carbonyl (C=O) groups is 1. The van der Waals surface area contributed by atoms with Crippen molar-refractivity contribution >= 4 is 34.0 Å². The number of piperazine rings is 1. The lowest BCUT2D eigenvalue weighted by Gasteiger charge is -2.33. The van der Waals surface area contributed by atoms with E-state index in [0.29, 0.717) is 11.6 Å². The normalized spacial score (nSPS) is 14.9. The summed E-state index contributed by atoms with van der Waals surface area (Å²) in [5.41, 5.74) is 7.15. The van der Waals surface area contributed by atoms with Gasteiger partial charge in [0.1, 0.15) is 5.82 Å². The molecule has 3 heterocycles. The van der Waals surface area contributed by atoms with E-state index in [1.165, 1.54) is 6.07 Å². The summed E-state index contributed by atoms with van der Waals surface area (Å²) in [6, 6.07) is 13.5. The van der Waals surface area contributed by atoms with Crippen molar-refractivity contribution < 1.29 is 18.0 Å². The number of hydrogen-bond acceptors (Lipinski definition) is 7. The number of likely N-dealkylation sites (N-methyl/N-ethyl adjacent to an activating group) is 1. The first-order valence-corrected chi connectivity index (χ1v) is 12.9. The molecular weight excluding hydrogens is 521 g/mol. The van der Waals surface area contributed by atoms with E-state index in [-0.39, 0.29) is 24.3 Å². The van der Waals surface area contributed by atoms with Gasteiger partial charge >= 0.3 is 6.18 Å². The molecule has 0 unspecified atom stereocenters. The van der Waals surface area contributed by atoms with Crippen molar-refractivity contribution in [1.82, 2.24) is 24.6 Å². The molecule has 2 aromatic carbocycles. The van der Waals surface area contributed by atoms with Crippen LogP contribution in [0.1, 0.15) is 11.1 Å². The fraction of sp³-hybridized carbons (Fsp3) is 0.321. The fourth-order valence-corrected chi connectivity index (χ4v) is 4.82. The second-order valence-corrected chi connectivity index (χ2v) is 10.1. The van der Waals surface area contributed by atoms with Crippen molar-refractivity contribution in [1.29, 1.82) is 0 Å². The molecule has 210 valence electrons. The molecule has 40 heavy (non-hydrogen) atoms. The molecule has 12 heteroatoms. The number of halogens is 3.